The minimum atomic E-state index is -2.95. The van der Waals surface area contributed by atoms with Crippen molar-refractivity contribution in [2.45, 2.75) is 81.7 Å². The molecule has 0 aromatic rings. The molecule has 1 heterocycles. The van der Waals surface area contributed by atoms with Crippen LogP contribution in [0.25, 0.3) is 5.73 Å². The summed E-state index contributed by atoms with van der Waals surface area (Å²) in [5.74, 6) is -3.65. The van der Waals surface area contributed by atoms with Crippen LogP contribution in [0.2, 0.25) is 0 Å². The molecular weight excluding hydrogens is 382 g/mol. The van der Waals surface area contributed by atoms with Crippen molar-refractivity contribution in [1.82, 2.24) is 10.2 Å². The lowest BCUT2D eigenvalue weighted by Gasteiger charge is -2.29. The molecule has 1 saturated heterocycles. The van der Waals surface area contributed by atoms with Gasteiger partial charge in [-0.3, -0.25) is 4.79 Å². The van der Waals surface area contributed by atoms with E-state index in [4.69, 9.17) is 16.1 Å². The van der Waals surface area contributed by atoms with Crippen LogP contribution in [-0.4, -0.2) is 52.6 Å². The van der Waals surface area contributed by atoms with Crippen LogP contribution >= 0.6 is 0 Å². The maximum atomic E-state index is 13.5. The zero-order valence-corrected chi connectivity index (χ0v) is 16.6. The summed E-state index contributed by atoms with van der Waals surface area (Å²) in [6, 6.07) is 0.445. The lowest BCUT2D eigenvalue weighted by molar-refractivity contribution is -0.124. The number of amides is 2. The Bertz CT molecular complexity index is 672. The second-order valence-corrected chi connectivity index (χ2v) is 9.21. The number of nitrogens with one attached hydrogen (secondary N) is 2. The highest BCUT2D eigenvalue weighted by molar-refractivity contribution is 5.84. The first-order chi connectivity index (χ1) is 13.6. The molecule has 4 rings (SSSR count). The quantitative estimate of drug-likeness (QED) is 0.688. The fourth-order valence-electron chi connectivity index (χ4n) is 3.78. The molecule has 0 bridgehead atoms. The van der Waals surface area contributed by atoms with Crippen molar-refractivity contribution < 1.29 is 23.5 Å². The number of hydrogen-bond acceptors (Lipinski definition) is 3. The predicted molar refractivity (Wildman–Crippen MR) is 101 cm³/mol. The van der Waals surface area contributed by atoms with Crippen molar-refractivity contribution in [2.75, 3.05) is 13.1 Å². The average Bonchev–Trinajstić information content (AvgIpc) is 3.51. The lowest BCUT2D eigenvalue weighted by Crippen LogP contribution is -2.42. The summed E-state index contributed by atoms with van der Waals surface area (Å²) in [7, 11) is 0. The molecule has 2 amide bonds. The zero-order valence-electron chi connectivity index (χ0n) is 16.6. The Hall–Kier alpha value is -1.95. The molecule has 4 fully saturated rings. The number of nitriles is 1. The SMILES string of the molecule is N#CC1(NC(=O)[C@@H]([NH-])CC(F)(F)CC2CC2)CC1.O=C(O)N1CCC2(CC1)CC2. The number of carbonyl (C=O) groups is 2. The van der Waals surface area contributed by atoms with E-state index in [-0.39, 0.29) is 12.3 Å². The van der Waals surface area contributed by atoms with Crippen molar-refractivity contribution in [3.63, 3.8) is 0 Å². The van der Waals surface area contributed by atoms with Gasteiger partial charge in [-0.2, -0.15) is 5.26 Å². The number of rotatable bonds is 6. The van der Waals surface area contributed by atoms with Gasteiger partial charge in [0.05, 0.1) is 6.07 Å². The minimum Gasteiger partial charge on any atom is -0.667 e. The third kappa shape index (κ3) is 6.26. The maximum absolute atomic E-state index is 13.5. The van der Waals surface area contributed by atoms with E-state index in [2.05, 4.69) is 5.32 Å². The number of hydrogen-bond donors (Lipinski definition) is 2. The first-order valence-corrected chi connectivity index (χ1v) is 10.4. The smallest absolute Gasteiger partial charge is 0.407 e. The van der Waals surface area contributed by atoms with Gasteiger partial charge in [-0.25, -0.2) is 13.6 Å². The van der Waals surface area contributed by atoms with Crippen molar-refractivity contribution >= 4 is 12.0 Å². The number of carbonyl (C=O) groups excluding carboxylic acids is 1. The molecule has 0 unspecified atom stereocenters. The molecule has 0 radical (unpaired) electrons. The van der Waals surface area contributed by atoms with Crippen LogP contribution in [0.1, 0.15) is 64.2 Å². The molecule has 29 heavy (non-hydrogen) atoms. The van der Waals surface area contributed by atoms with Crippen molar-refractivity contribution in [3.05, 3.63) is 5.73 Å². The number of nitrogens with zero attached hydrogens (tertiary/aromatic N) is 2. The highest BCUT2D eigenvalue weighted by Crippen LogP contribution is 2.53. The van der Waals surface area contributed by atoms with Crippen LogP contribution in [0.15, 0.2) is 0 Å². The zero-order chi connectivity index (χ0) is 21.3. The Kier molecular flexibility index (Phi) is 6.04. The largest absolute Gasteiger partial charge is 0.667 e. The molecule has 3 saturated carbocycles. The number of alkyl halides is 2. The summed E-state index contributed by atoms with van der Waals surface area (Å²) in [4.78, 5) is 23.6. The van der Waals surface area contributed by atoms with Crippen molar-refractivity contribution in [3.8, 4) is 6.07 Å². The molecule has 9 heteroatoms. The van der Waals surface area contributed by atoms with E-state index in [0.717, 1.165) is 38.8 Å². The van der Waals surface area contributed by atoms with Crippen LogP contribution in [0.4, 0.5) is 13.6 Å². The molecule has 3 N–H and O–H groups in total. The van der Waals surface area contributed by atoms with Gasteiger partial charge in [-0.05, 0) is 62.7 Å². The van der Waals surface area contributed by atoms with Crippen molar-refractivity contribution in [2.24, 2.45) is 11.3 Å². The molecule has 7 nitrogen and oxygen atoms in total. The fraction of sp³-hybridized carbons (Fsp3) is 0.850. The summed E-state index contributed by atoms with van der Waals surface area (Å²) in [6.45, 7) is 1.52. The Morgan fingerprint density at radius 2 is 1.79 bits per heavy atom. The normalized spacial score (nSPS) is 24.6. The standard InChI is InChI=1S/C12H16F2N3O.C8H13NO2/c13-12(14,5-8-1-2-8)6-9(16)10(18)17-11(7-15)3-4-11;10-7(11)9-5-3-8(1-2-8)4-6-9/h8-9,16H,1-6H2,(H,17,18);1-6H2,(H,10,11)/q-1;/t9-;/m0./s1. The molecular formula is C20H29F2N4O3-. The average molecular weight is 411 g/mol. The van der Waals surface area contributed by atoms with E-state index in [1.54, 1.807) is 0 Å². The minimum absolute atomic E-state index is 0.0594. The first kappa shape index (κ1) is 21.8. The van der Waals surface area contributed by atoms with Gasteiger partial charge in [0.2, 0.25) is 11.8 Å². The third-order valence-corrected chi connectivity index (χ3v) is 6.48. The van der Waals surface area contributed by atoms with Gasteiger partial charge in [0.25, 0.3) is 0 Å². The van der Waals surface area contributed by atoms with Gasteiger partial charge in [0.15, 0.2) is 0 Å². The van der Waals surface area contributed by atoms with E-state index in [9.17, 15) is 18.4 Å². The van der Waals surface area contributed by atoms with Crippen LogP contribution in [0.5, 0.6) is 0 Å². The third-order valence-electron chi connectivity index (χ3n) is 6.48. The van der Waals surface area contributed by atoms with Gasteiger partial charge < -0.3 is 21.1 Å². The van der Waals surface area contributed by atoms with Crippen LogP contribution in [0, 0.1) is 22.7 Å². The summed E-state index contributed by atoms with van der Waals surface area (Å²) >= 11 is 0. The van der Waals surface area contributed by atoms with Gasteiger partial charge in [-0.15, -0.1) is 0 Å². The second-order valence-electron chi connectivity index (χ2n) is 9.21. The molecule has 1 aliphatic heterocycles. The number of likely N-dealkylation sites (tertiary alicyclic amines) is 1. The molecule has 162 valence electrons. The van der Waals surface area contributed by atoms with E-state index in [1.807, 2.05) is 6.07 Å². The Labute approximate surface area is 169 Å². The van der Waals surface area contributed by atoms with Gasteiger partial charge >= 0.3 is 6.09 Å². The summed E-state index contributed by atoms with van der Waals surface area (Å²) in [6.07, 6.45) is 5.86. The Morgan fingerprint density at radius 3 is 2.21 bits per heavy atom. The van der Waals surface area contributed by atoms with E-state index < -0.39 is 35.9 Å². The van der Waals surface area contributed by atoms with Gasteiger partial charge in [-0.1, -0.05) is 6.04 Å². The van der Waals surface area contributed by atoms with Crippen molar-refractivity contribution in [1.29, 1.82) is 5.26 Å². The number of carboxylic acid groups (broad SMARTS) is 1. The molecule has 4 aliphatic rings. The van der Waals surface area contributed by atoms with Crippen LogP contribution in [0.3, 0.4) is 0 Å². The monoisotopic (exact) mass is 411 g/mol. The van der Waals surface area contributed by atoms with Crippen LogP contribution in [-0.2, 0) is 4.79 Å². The first-order valence-electron chi connectivity index (χ1n) is 10.4. The highest BCUT2D eigenvalue weighted by atomic mass is 19.3. The van der Waals surface area contributed by atoms with Gasteiger partial charge in [0.1, 0.15) is 5.54 Å². The summed E-state index contributed by atoms with van der Waals surface area (Å²) in [5.41, 5.74) is 7.18. The Balaban J connectivity index is 0.000000186. The predicted octanol–water partition coefficient (Wildman–Crippen LogP) is 3.95. The van der Waals surface area contributed by atoms with E-state index in [1.165, 1.54) is 17.7 Å². The molecule has 0 aromatic carbocycles. The molecule has 1 atom stereocenters. The molecule has 1 spiro atoms. The number of halogens is 2. The Morgan fingerprint density at radius 1 is 1.21 bits per heavy atom. The summed E-state index contributed by atoms with van der Waals surface area (Å²) < 4.78 is 27.0. The highest BCUT2D eigenvalue weighted by Gasteiger charge is 2.46. The van der Waals surface area contributed by atoms with Crippen LogP contribution < -0.4 is 5.32 Å². The topological polar surface area (TPSA) is 117 Å². The molecule has 0 aromatic heterocycles. The number of piperidine rings is 1. The summed E-state index contributed by atoms with van der Waals surface area (Å²) in [5, 5.41) is 19.8. The van der Waals surface area contributed by atoms with E-state index >= 15 is 0 Å². The lowest BCUT2D eigenvalue weighted by atomic mass is 9.94. The van der Waals surface area contributed by atoms with E-state index in [0.29, 0.717) is 18.3 Å². The maximum Gasteiger partial charge on any atom is 0.407 e. The second kappa shape index (κ2) is 8.05. The molecule has 3 aliphatic carbocycles. The fourth-order valence-corrected chi connectivity index (χ4v) is 3.78. The van der Waals surface area contributed by atoms with Gasteiger partial charge in [0, 0.05) is 25.9 Å².